The van der Waals surface area contributed by atoms with E-state index in [2.05, 4.69) is 11.1 Å². The van der Waals surface area contributed by atoms with Crippen LogP contribution in [0.2, 0.25) is 0 Å². The summed E-state index contributed by atoms with van der Waals surface area (Å²) in [6.45, 7) is 1.83. The summed E-state index contributed by atoms with van der Waals surface area (Å²) in [5, 5.41) is 10.2. The highest BCUT2D eigenvalue weighted by atomic mass is 32.1. The zero-order chi connectivity index (χ0) is 20.7. The molecular formula is C22H21N3O4S. The van der Waals surface area contributed by atoms with Crippen LogP contribution in [0.3, 0.4) is 0 Å². The average molecular weight is 423 g/mol. The smallest absolute Gasteiger partial charge is 0.259 e. The number of aliphatic hydroxyl groups is 1. The Kier molecular flexibility index (Phi) is 4.77. The molecule has 0 aliphatic carbocycles. The van der Waals surface area contributed by atoms with Gasteiger partial charge in [-0.1, -0.05) is 18.2 Å². The summed E-state index contributed by atoms with van der Waals surface area (Å²) in [7, 11) is 0. The van der Waals surface area contributed by atoms with E-state index in [-0.39, 0.29) is 25.0 Å². The first-order valence-corrected chi connectivity index (χ1v) is 10.7. The van der Waals surface area contributed by atoms with Crippen molar-refractivity contribution in [2.45, 2.75) is 5.60 Å². The summed E-state index contributed by atoms with van der Waals surface area (Å²) < 4.78 is 6.10. The second-order valence-electron chi connectivity index (χ2n) is 7.72. The summed E-state index contributed by atoms with van der Waals surface area (Å²) >= 11 is 1.61. The van der Waals surface area contributed by atoms with E-state index in [1.165, 1.54) is 0 Å². The van der Waals surface area contributed by atoms with Gasteiger partial charge < -0.3 is 19.6 Å². The Morgan fingerprint density at radius 3 is 2.30 bits per heavy atom. The monoisotopic (exact) mass is 423 g/mol. The minimum absolute atomic E-state index is 0.0442. The van der Waals surface area contributed by atoms with Crippen molar-refractivity contribution in [1.82, 2.24) is 14.8 Å². The van der Waals surface area contributed by atoms with Crippen molar-refractivity contribution in [1.29, 1.82) is 0 Å². The molecule has 8 heteroatoms. The molecule has 0 saturated carbocycles. The summed E-state index contributed by atoms with van der Waals surface area (Å²) in [6, 6.07) is 13.8. The van der Waals surface area contributed by atoms with Crippen LogP contribution >= 0.6 is 11.3 Å². The number of piperazine rings is 1. The van der Waals surface area contributed by atoms with Gasteiger partial charge in [0.25, 0.3) is 11.8 Å². The van der Waals surface area contributed by atoms with Crippen molar-refractivity contribution < 1.29 is 19.4 Å². The number of thiazole rings is 1. The number of ether oxygens (including phenoxy) is 1. The first-order valence-electron chi connectivity index (χ1n) is 9.86. The third-order valence-corrected chi connectivity index (χ3v) is 6.52. The number of rotatable bonds is 3. The van der Waals surface area contributed by atoms with Crippen LogP contribution in [0.5, 0.6) is 0 Å². The highest BCUT2D eigenvalue weighted by Crippen LogP contribution is 2.27. The van der Waals surface area contributed by atoms with Crippen LogP contribution in [-0.4, -0.2) is 76.7 Å². The highest BCUT2D eigenvalue weighted by Gasteiger charge is 2.46. The molecule has 1 aromatic heterocycles. The normalized spacial score (nSPS) is 18.3. The van der Waals surface area contributed by atoms with E-state index in [4.69, 9.17) is 4.74 Å². The zero-order valence-electron chi connectivity index (χ0n) is 16.3. The van der Waals surface area contributed by atoms with Crippen molar-refractivity contribution in [3.8, 4) is 11.1 Å². The fraction of sp³-hybridized carbons (Fsp3) is 0.318. The summed E-state index contributed by atoms with van der Waals surface area (Å²) in [5.41, 5.74) is 4.21. The molecule has 2 amide bonds. The number of benzene rings is 2. The lowest BCUT2D eigenvalue weighted by atomic mass is 10.00. The molecule has 30 heavy (non-hydrogen) atoms. The molecular weight excluding hydrogens is 402 g/mol. The lowest BCUT2D eigenvalue weighted by Gasteiger charge is -2.42. The van der Waals surface area contributed by atoms with Gasteiger partial charge in [-0.25, -0.2) is 4.98 Å². The molecule has 0 bridgehead atoms. The number of carbonyl (C=O) groups excluding carboxylic acids is 2. The standard InChI is InChI=1S/C22H21N3O4S/c26-20(24-7-9-25(10-8-24)21(27)22(28)12-29-13-22)16-3-1-15(2-4-16)17-5-6-18-19(11-17)30-14-23-18/h1-6,11,14,28H,7-10,12-13H2. The van der Waals surface area contributed by atoms with Crippen LogP contribution < -0.4 is 0 Å². The van der Waals surface area contributed by atoms with E-state index in [0.29, 0.717) is 31.7 Å². The van der Waals surface area contributed by atoms with E-state index < -0.39 is 5.60 Å². The maximum Gasteiger partial charge on any atom is 0.259 e. The molecule has 0 spiro atoms. The Bertz CT molecular complexity index is 1100. The number of amides is 2. The van der Waals surface area contributed by atoms with Gasteiger partial charge in [-0.05, 0) is 35.4 Å². The van der Waals surface area contributed by atoms with Crippen molar-refractivity contribution in [2.24, 2.45) is 0 Å². The average Bonchev–Trinajstić information content (AvgIpc) is 3.24. The Balaban J connectivity index is 1.24. The second-order valence-corrected chi connectivity index (χ2v) is 8.61. The van der Waals surface area contributed by atoms with Gasteiger partial charge in [0.15, 0.2) is 5.60 Å². The molecule has 3 aromatic rings. The van der Waals surface area contributed by atoms with Crippen molar-refractivity contribution in [2.75, 3.05) is 39.4 Å². The van der Waals surface area contributed by atoms with Gasteiger partial charge >= 0.3 is 0 Å². The molecule has 2 aliphatic rings. The third kappa shape index (κ3) is 3.36. The maximum absolute atomic E-state index is 12.9. The fourth-order valence-electron chi connectivity index (χ4n) is 3.85. The van der Waals surface area contributed by atoms with Crippen molar-refractivity contribution >= 4 is 33.4 Å². The SMILES string of the molecule is O=C(c1ccc(-c2ccc3ncsc3c2)cc1)N1CCN(C(=O)C2(O)COC2)CC1. The topological polar surface area (TPSA) is 83.0 Å². The summed E-state index contributed by atoms with van der Waals surface area (Å²) in [5.74, 6) is -0.347. The van der Waals surface area contributed by atoms with E-state index in [1.54, 1.807) is 21.1 Å². The number of carbonyl (C=O) groups is 2. The summed E-state index contributed by atoms with van der Waals surface area (Å²) in [6.07, 6.45) is 0. The van der Waals surface area contributed by atoms with Crippen LogP contribution in [0.4, 0.5) is 0 Å². The maximum atomic E-state index is 12.9. The van der Waals surface area contributed by atoms with Crippen LogP contribution in [0.15, 0.2) is 48.0 Å². The molecule has 154 valence electrons. The van der Waals surface area contributed by atoms with Crippen LogP contribution in [0.1, 0.15) is 10.4 Å². The van der Waals surface area contributed by atoms with Crippen LogP contribution in [0.25, 0.3) is 21.3 Å². The molecule has 2 fully saturated rings. The van der Waals surface area contributed by atoms with Crippen LogP contribution in [0, 0.1) is 0 Å². The molecule has 1 N–H and O–H groups in total. The Hall–Kier alpha value is -2.81. The molecule has 7 nitrogen and oxygen atoms in total. The number of hydrogen-bond donors (Lipinski definition) is 1. The predicted octanol–water partition coefficient (Wildman–Crippen LogP) is 2.01. The molecule has 0 radical (unpaired) electrons. The number of hydrogen-bond acceptors (Lipinski definition) is 6. The second kappa shape index (κ2) is 7.46. The van der Waals surface area contributed by atoms with Gasteiger partial charge in [0.1, 0.15) is 0 Å². The molecule has 5 rings (SSSR count). The van der Waals surface area contributed by atoms with E-state index in [9.17, 15) is 14.7 Å². The summed E-state index contributed by atoms with van der Waals surface area (Å²) in [4.78, 5) is 32.9. The predicted molar refractivity (Wildman–Crippen MR) is 113 cm³/mol. The number of aromatic nitrogens is 1. The molecule has 2 saturated heterocycles. The number of fused-ring (bicyclic) bond motifs is 1. The minimum atomic E-state index is -1.38. The van der Waals surface area contributed by atoms with Gasteiger partial charge in [0.2, 0.25) is 0 Å². The van der Waals surface area contributed by atoms with Crippen LogP contribution in [-0.2, 0) is 9.53 Å². The molecule has 2 aliphatic heterocycles. The molecule has 3 heterocycles. The van der Waals surface area contributed by atoms with Gasteiger partial charge in [-0.2, -0.15) is 0 Å². The largest absolute Gasteiger partial charge is 0.376 e. The minimum Gasteiger partial charge on any atom is -0.376 e. The molecule has 2 aromatic carbocycles. The molecule has 0 unspecified atom stereocenters. The quantitative estimate of drug-likeness (QED) is 0.697. The van der Waals surface area contributed by atoms with E-state index >= 15 is 0 Å². The fourth-order valence-corrected chi connectivity index (χ4v) is 4.56. The Morgan fingerprint density at radius 2 is 1.63 bits per heavy atom. The van der Waals surface area contributed by atoms with E-state index in [0.717, 1.165) is 21.3 Å². The third-order valence-electron chi connectivity index (χ3n) is 5.73. The van der Waals surface area contributed by atoms with Gasteiger partial charge in [0.05, 0.1) is 28.9 Å². The van der Waals surface area contributed by atoms with Gasteiger partial charge in [-0.15, -0.1) is 11.3 Å². The Labute approximate surface area is 177 Å². The van der Waals surface area contributed by atoms with Gasteiger partial charge in [0, 0.05) is 31.7 Å². The van der Waals surface area contributed by atoms with Crippen molar-refractivity contribution in [3.63, 3.8) is 0 Å². The van der Waals surface area contributed by atoms with E-state index in [1.807, 2.05) is 41.9 Å². The van der Waals surface area contributed by atoms with Crippen molar-refractivity contribution in [3.05, 3.63) is 53.5 Å². The highest BCUT2D eigenvalue weighted by molar-refractivity contribution is 7.16. The Morgan fingerprint density at radius 1 is 0.967 bits per heavy atom. The molecule has 0 atom stereocenters. The first kappa shape index (κ1) is 19.2. The lowest BCUT2D eigenvalue weighted by molar-refractivity contribution is -0.201. The lowest BCUT2D eigenvalue weighted by Crippen LogP contribution is -2.64. The first-order chi connectivity index (χ1) is 14.5. The zero-order valence-corrected chi connectivity index (χ0v) is 17.1. The number of nitrogens with zero attached hydrogens (tertiary/aromatic N) is 3. The van der Waals surface area contributed by atoms with Gasteiger partial charge in [-0.3, -0.25) is 9.59 Å².